The van der Waals surface area contributed by atoms with Gasteiger partial charge in [-0.1, -0.05) is 0 Å². The number of ether oxygens (including phenoxy) is 1. The van der Waals surface area contributed by atoms with Gasteiger partial charge in [-0.15, -0.1) is 0 Å². The first-order valence-electron chi connectivity index (χ1n) is 6.23. The van der Waals surface area contributed by atoms with Gasteiger partial charge in [0.15, 0.2) is 0 Å². The van der Waals surface area contributed by atoms with Gasteiger partial charge in [-0.3, -0.25) is 4.79 Å². The van der Waals surface area contributed by atoms with E-state index in [2.05, 4.69) is 15.0 Å². The predicted molar refractivity (Wildman–Crippen MR) is 74.1 cm³/mol. The number of hydrogen-bond donors (Lipinski definition) is 1. The van der Waals surface area contributed by atoms with E-state index in [1.165, 1.54) is 7.48 Å². The zero-order chi connectivity index (χ0) is 15.1. The molecule has 0 aromatic heterocycles. The van der Waals surface area contributed by atoms with Crippen molar-refractivity contribution >= 4 is 20.6 Å². The normalized spacial score (nSPS) is 9.95. The van der Waals surface area contributed by atoms with Crippen LogP contribution in [-0.2, 0) is 23.9 Å². The fourth-order valence-electron chi connectivity index (χ4n) is 0.937. The topological polar surface area (TPSA) is 73.9 Å². The summed E-state index contributed by atoms with van der Waals surface area (Å²) in [5, 5.41) is 2.98. The van der Waals surface area contributed by atoms with Crippen LogP contribution in [0.25, 0.3) is 0 Å². The Hall–Kier alpha value is -0.720. The van der Waals surface area contributed by atoms with E-state index in [4.69, 9.17) is 4.74 Å². The van der Waals surface area contributed by atoms with Crippen molar-refractivity contribution in [2.45, 2.75) is 46.0 Å². The van der Waals surface area contributed by atoms with Crippen LogP contribution in [0.2, 0.25) is 6.82 Å². The van der Waals surface area contributed by atoms with Gasteiger partial charge in [-0.05, 0) is 40.8 Å². The molecule has 0 aromatic rings. The second-order valence-corrected chi connectivity index (χ2v) is 4.58. The Kier molecular flexibility index (Phi) is 14.9. The molecule has 0 unspecified atom stereocenters. The van der Waals surface area contributed by atoms with Crippen LogP contribution >= 0.6 is 0 Å². The summed E-state index contributed by atoms with van der Waals surface area (Å²) in [5.74, 6) is -0.113. The number of esters is 1. The molecule has 0 fully saturated rings. The minimum absolute atomic E-state index is 0.00958. The van der Waals surface area contributed by atoms with Crippen molar-refractivity contribution in [1.29, 1.82) is 0 Å². The van der Waals surface area contributed by atoms with Crippen molar-refractivity contribution in [1.82, 2.24) is 5.32 Å². The molecule has 0 saturated carbocycles. The summed E-state index contributed by atoms with van der Waals surface area (Å²) >= 11 is 0. The van der Waals surface area contributed by atoms with Crippen molar-refractivity contribution < 1.29 is 23.9 Å². The Bertz CT molecular complexity index is 234. The van der Waals surface area contributed by atoms with Crippen LogP contribution in [0, 0.1) is 0 Å². The van der Waals surface area contributed by atoms with Gasteiger partial charge < -0.3 is 10.1 Å². The Morgan fingerprint density at radius 3 is 2.37 bits per heavy atom. The van der Waals surface area contributed by atoms with Gasteiger partial charge in [-0.2, -0.15) is 0 Å². The van der Waals surface area contributed by atoms with Crippen molar-refractivity contribution in [3.63, 3.8) is 0 Å². The Morgan fingerprint density at radius 1 is 1.32 bits per heavy atom. The second-order valence-electron chi connectivity index (χ2n) is 4.58. The van der Waals surface area contributed by atoms with Gasteiger partial charge in [0.05, 0.1) is 0 Å². The summed E-state index contributed by atoms with van der Waals surface area (Å²) in [6, 6.07) is 0. The molecule has 0 aliphatic heterocycles. The summed E-state index contributed by atoms with van der Waals surface area (Å²) in [4.78, 5) is 19.5. The van der Waals surface area contributed by atoms with Gasteiger partial charge in [0.2, 0.25) is 0 Å². The standard InChI is InChI=1S/C9H19NO2.C2H5B2O3/c1-9(2,3)12-8(11)6-5-7-10-4;1-3-7-6-2-4-5/h10H,5-7H2,1-4H3;2H2,1H3. The molecular weight excluding hydrogens is 248 g/mol. The van der Waals surface area contributed by atoms with Crippen LogP contribution in [-0.4, -0.2) is 46.3 Å². The van der Waals surface area contributed by atoms with E-state index >= 15 is 0 Å². The average Bonchev–Trinajstić information content (AvgIpc) is 2.28. The molecule has 0 aliphatic rings. The Labute approximate surface area is 117 Å². The molecule has 0 atom stereocenters. The van der Waals surface area contributed by atoms with Crippen LogP contribution in [0.1, 0.15) is 33.6 Å². The molecular formula is C11H24B2NO5. The van der Waals surface area contributed by atoms with Crippen LogP contribution in [0.15, 0.2) is 0 Å². The Balaban J connectivity index is 0. The van der Waals surface area contributed by atoms with Gasteiger partial charge in [0.1, 0.15) is 5.60 Å². The first-order valence-corrected chi connectivity index (χ1v) is 6.23. The van der Waals surface area contributed by atoms with Gasteiger partial charge in [0.25, 0.3) is 0 Å². The number of carbonyl (C=O) groups is 1. The van der Waals surface area contributed by atoms with E-state index < -0.39 is 0 Å². The molecule has 0 saturated heterocycles. The maximum atomic E-state index is 11.1. The minimum atomic E-state index is -0.350. The number of rotatable bonds is 8. The molecule has 8 heteroatoms. The fraction of sp³-hybridized carbons (Fsp3) is 0.909. The summed E-state index contributed by atoms with van der Waals surface area (Å²) < 4.78 is 14.6. The predicted octanol–water partition coefficient (Wildman–Crippen LogP) is 0.937. The quantitative estimate of drug-likeness (QED) is 0.233. The van der Waals surface area contributed by atoms with Gasteiger partial charge in [-0.25, -0.2) is 0 Å². The second kappa shape index (κ2) is 13.7. The SMILES string of the molecule is CNCCCC(=O)OC(C)(C)C.C[B]OOCB=O. The van der Waals surface area contributed by atoms with Crippen LogP contribution < -0.4 is 5.32 Å². The molecule has 19 heavy (non-hydrogen) atoms. The molecule has 0 aliphatic carbocycles. The molecule has 0 heterocycles. The van der Waals surface area contributed by atoms with Crippen LogP contribution in [0.3, 0.4) is 0 Å². The maximum absolute atomic E-state index is 11.1. The van der Waals surface area contributed by atoms with Gasteiger partial charge >= 0.3 is 48.3 Å². The molecule has 1 radical (unpaired) electrons. The van der Waals surface area contributed by atoms with E-state index in [0.29, 0.717) is 13.6 Å². The summed E-state index contributed by atoms with van der Waals surface area (Å²) in [5.41, 5.74) is -0.350. The third-order valence-corrected chi connectivity index (χ3v) is 1.53. The zero-order valence-corrected chi connectivity index (χ0v) is 12.5. The third-order valence-electron chi connectivity index (χ3n) is 1.53. The molecule has 1 N–H and O–H groups in total. The van der Waals surface area contributed by atoms with Crippen LogP contribution in [0.5, 0.6) is 0 Å². The van der Waals surface area contributed by atoms with E-state index in [0.717, 1.165) is 13.0 Å². The Morgan fingerprint density at radius 2 is 1.95 bits per heavy atom. The fourth-order valence-corrected chi connectivity index (χ4v) is 0.937. The molecule has 0 bridgehead atoms. The molecule has 109 valence electrons. The summed E-state index contributed by atoms with van der Waals surface area (Å²) in [7, 11) is 3.84. The summed E-state index contributed by atoms with van der Waals surface area (Å²) in [6.45, 7) is 8.14. The number of carbonyl (C=O) groups excluding carboxylic acids is 1. The third kappa shape index (κ3) is 22.9. The van der Waals surface area contributed by atoms with Crippen molar-refractivity contribution in [2.24, 2.45) is 0 Å². The number of hydrogen-bond acceptors (Lipinski definition) is 6. The van der Waals surface area contributed by atoms with E-state index in [1.54, 1.807) is 6.82 Å². The average molecular weight is 272 g/mol. The summed E-state index contributed by atoms with van der Waals surface area (Å²) in [6.07, 6.45) is 1.34. The van der Waals surface area contributed by atoms with Crippen LogP contribution in [0.4, 0.5) is 0 Å². The van der Waals surface area contributed by atoms with Crippen molar-refractivity contribution in [2.75, 3.05) is 20.1 Å². The first-order chi connectivity index (χ1) is 8.87. The zero-order valence-electron chi connectivity index (χ0n) is 12.5. The van der Waals surface area contributed by atoms with E-state index in [-0.39, 0.29) is 18.1 Å². The van der Waals surface area contributed by atoms with Crippen molar-refractivity contribution in [3.8, 4) is 0 Å². The molecule has 0 spiro atoms. The number of nitrogens with one attached hydrogen (secondary N) is 1. The molecule has 0 amide bonds. The molecule has 0 rings (SSSR count). The molecule has 6 nitrogen and oxygen atoms in total. The van der Waals surface area contributed by atoms with Crippen molar-refractivity contribution in [3.05, 3.63) is 0 Å². The van der Waals surface area contributed by atoms with Gasteiger partial charge in [0, 0.05) is 6.42 Å². The van der Waals surface area contributed by atoms with E-state index in [1.807, 2.05) is 27.8 Å². The molecule has 0 aromatic carbocycles. The van der Waals surface area contributed by atoms with E-state index in [9.17, 15) is 9.50 Å². The monoisotopic (exact) mass is 272 g/mol. The first kappa shape index (κ1) is 20.6.